The van der Waals surface area contributed by atoms with E-state index in [1.807, 2.05) is 13.8 Å². The van der Waals surface area contributed by atoms with Crippen molar-refractivity contribution in [1.29, 1.82) is 0 Å². The van der Waals surface area contributed by atoms with E-state index in [0.717, 1.165) is 24.7 Å². The number of fused-ring (bicyclic) bond motifs is 1. The molecule has 1 saturated heterocycles. The Kier molecular flexibility index (Phi) is 4.72. The molecule has 2 unspecified atom stereocenters. The van der Waals surface area contributed by atoms with Crippen molar-refractivity contribution >= 4 is 21.9 Å². The van der Waals surface area contributed by atoms with Gasteiger partial charge in [0.25, 0.3) is 0 Å². The Labute approximate surface area is 149 Å². The molecule has 130 valence electrons. The van der Waals surface area contributed by atoms with Gasteiger partial charge >= 0.3 is 5.97 Å². The third-order valence-electron chi connectivity index (χ3n) is 7.06. The second-order valence-electron chi connectivity index (χ2n) is 9.11. The molecule has 3 heteroatoms. The average molecular weight is 383 g/mol. The number of carbonyl (C=O) groups is 1. The Bertz CT molecular complexity index is 510. The first-order valence-corrected chi connectivity index (χ1v) is 10.2. The minimum Gasteiger partial charge on any atom is -0.462 e. The number of ether oxygens (including phenoxy) is 1. The molecule has 0 aromatic rings. The fourth-order valence-electron chi connectivity index (χ4n) is 5.86. The van der Waals surface area contributed by atoms with Gasteiger partial charge in [-0.05, 0) is 86.9 Å². The zero-order valence-electron chi connectivity index (χ0n) is 15.0. The summed E-state index contributed by atoms with van der Waals surface area (Å²) in [6.45, 7) is 8.94. The molecule has 0 aromatic carbocycles. The summed E-state index contributed by atoms with van der Waals surface area (Å²) in [4.78, 5) is 14.1. The van der Waals surface area contributed by atoms with Crippen LogP contribution < -0.4 is 0 Å². The zero-order valence-corrected chi connectivity index (χ0v) is 16.6. The van der Waals surface area contributed by atoms with Crippen LogP contribution in [0.4, 0.5) is 0 Å². The lowest BCUT2D eigenvalue weighted by atomic mass is 9.61. The van der Waals surface area contributed by atoms with E-state index in [9.17, 15) is 4.79 Å². The Morgan fingerprint density at radius 1 is 1.35 bits per heavy atom. The highest BCUT2D eigenvalue weighted by Crippen LogP contribution is 2.60. The molecule has 1 heterocycles. The summed E-state index contributed by atoms with van der Waals surface area (Å²) in [5.41, 5.74) is 1.78. The van der Waals surface area contributed by atoms with Crippen molar-refractivity contribution in [2.24, 2.45) is 28.6 Å². The van der Waals surface area contributed by atoms with Gasteiger partial charge in [0.2, 0.25) is 0 Å². The molecule has 1 aliphatic heterocycles. The van der Waals surface area contributed by atoms with Crippen LogP contribution in [-0.4, -0.2) is 12.1 Å². The fourth-order valence-corrected chi connectivity index (χ4v) is 6.41. The van der Waals surface area contributed by atoms with E-state index in [1.165, 1.54) is 32.1 Å². The largest absolute Gasteiger partial charge is 0.462 e. The third-order valence-corrected chi connectivity index (χ3v) is 7.65. The minimum atomic E-state index is -0.288. The van der Waals surface area contributed by atoms with E-state index in [2.05, 4.69) is 34.8 Å². The highest BCUT2D eigenvalue weighted by atomic mass is 79.9. The molecule has 2 aliphatic carbocycles. The lowest BCUT2D eigenvalue weighted by Crippen LogP contribution is -2.36. The minimum absolute atomic E-state index is 0.00705. The normalized spacial score (nSPS) is 42.6. The van der Waals surface area contributed by atoms with Gasteiger partial charge in [0.1, 0.15) is 6.10 Å². The number of allylic oxidation sites excluding steroid dienone is 1. The SMILES string of the molecule is C[C@H](CC1CC(C)(C)C(=O)O1)[C@H]1CCC2C(=CBr)CCC[C@@]21C. The summed E-state index contributed by atoms with van der Waals surface area (Å²) >= 11 is 3.60. The Morgan fingerprint density at radius 3 is 2.70 bits per heavy atom. The highest BCUT2D eigenvalue weighted by Gasteiger charge is 2.51. The van der Waals surface area contributed by atoms with Crippen LogP contribution in [0.1, 0.15) is 72.6 Å². The Balaban J connectivity index is 1.69. The van der Waals surface area contributed by atoms with Crippen LogP contribution in [0.3, 0.4) is 0 Å². The van der Waals surface area contributed by atoms with Gasteiger partial charge in [0.15, 0.2) is 0 Å². The van der Waals surface area contributed by atoms with Crippen molar-refractivity contribution in [2.75, 3.05) is 0 Å². The van der Waals surface area contributed by atoms with Gasteiger partial charge in [-0.25, -0.2) is 0 Å². The fraction of sp³-hybridized carbons (Fsp3) is 0.850. The summed E-state index contributed by atoms with van der Waals surface area (Å²) < 4.78 is 5.66. The summed E-state index contributed by atoms with van der Waals surface area (Å²) in [5, 5.41) is 0. The lowest BCUT2D eigenvalue weighted by molar-refractivity contribution is -0.148. The van der Waals surface area contributed by atoms with Crippen LogP contribution in [0.5, 0.6) is 0 Å². The van der Waals surface area contributed by atoms with Crippen LogP contribution in [-0.2, 0) is 9.53 Å². The molecule has 2 saturated carbocycles. The van der Waals surface area contributed by atoms with E-state index < -0.39 is 0 Å². The molecule has 3 fully saturated rings. The summed E-state index contributed by atoms with van der Waals surface area (Å²) in [6, 6.07) is 0. The maximum Gasteiger partial charge on any atom is 0.311 e. The van der Waals surface area contributed by atoms with Crippen molar-refractivity contribution in [3.63, 3.8) is 0 Å². The number of hydrogen-bond donors (Lipinski definition) is 0. The van der Waals surface area contributed by atoms with Gasteiger partial charge < -0.3 is 4.74 Å². The summed E-state index contributed by atoms with van der Waals surface area (Å²) in [5.74, 6) is 2.14. The van der Waals surface area contributed by atoms with Gasteiger partial charge in [-0.15, -0.1) is 0 Å². The number of hydrogen-bond acceptors (Lipinski definition) is 2. The van der Waals surface area contributed by atoms with E-state index in [4.69, 9.17) is 4.74 Å². The van der Waals surface area contributed by atoms with Crippen molar-refractivity contribution in [3.05, 3.63) is 10.6 Å². The van der Waals surface area contributed by atoms with Crippen LogP contribution in [0.15, 0.2) is 10.6 Å². The number of rotatable bonds is 3. The molecule has 0 bridgehead atoms. The van der Waals surface area contributed by atoms with Crippen molar-refractivity contribution in [2.45, 2.75) is 78.7 Å². The average Bonchev–Trinajstić information content (AvgIpc) is 2.94. The summed E-state index contributed by atoms with van der Waals surface area (Å²) in [7, 11) is 0. The molecule has 0 spiro atoms. The molecule has 0 aromatic heterocycles. The van der Waals surface area contributed by atoms with Gasteiger partial charge in [-0.3, -0.25) is 4.79 Å². The van der Waals surface area contributed by atoms with E-state index in [-0.39, 0.29) is 17.5 Å². The van der Waals surface area contributed by atoms with Gasteiger partial charge in [0.05, 0.1) is 5.41 Å². The number of esters is 1. The van der Waals surface area contributed by atoms with E-state index in [1.54, 1.807) is 5.57 Å². The second-order valence-corrected chi connectivity index (χ2v) is 9.57. The first kappa shape index (κ1) is 17.5. The molecule has 0 amide bonds. The van der Waals surface area contributed by atoms with Crippen molar-refractivity contribution in [1.82, 2.24) is 0 Å². The molecule has 5 atom stereocenters. The Morgan fingerprint density at radius 2 is 2.09 bits per heavy atom. The van der Waals surface area contributed by atoms with E-state index >= 15 is 0 Å². The van der Waals surface area contributed by atoms with Gasteiger partial charge in [-0.1, -0.05) is 35.4 Å². The number of halogens is 1. The zero-order chi connectivity index (χ0) is 16.8. The molecule has 23 heavy (non-hydrogen) atoms. The predicted molar refractivity (Wildman–Crippen MR) is 97.2 cm³/mol. The van der Waals surface area contributed by atoms with Crippen molar-refractivity contribution < 1.29 is 9.53 Å². The number of cyclic esters (lactones) is 1. The molecular formula is C20H31BrO2. The molecule has 0 radical (unpaired) electrons. The van der Waals surface area contributed by atoms with Gasteiger partial charge in [0, 0.05) is 0 Å². The topological polar surface area (TPSA) is 26.3 Å². The first-order chi connectivity index (χ1) is 10.8. The highest BCUT2D eigenvalue weighted by molar-refractivity contribution is 9.11. The maximum absolute atomic E-state index is 11.9. The molecule has 2 nitrogen and oxygen atoms in total. The quantitative estimate of drug-likeness (QED) is 0.572. The van der Waals surface area contributed by atoms with Crippen LogP contribution in [0, 0.1) is 28.6 Å². The first-order valence-electron chi connectivity index (χ1n) is 9.28. The smallest absolute Gasteiger partial charge is 0.311 e. The second kappa shape index (κ2) is 6.20. The Hall–Kier alpha value is -0.310. The monoisotopic (exact) mass is 382 g/mol. The molecular weight excluding hydrogens is 352 g/mol. The lowest BCUT2D eigenvalue weighted by Gasteiger charge is -2.44. The third kappa shape index (κ3) is 3.03. The van der Waals surface area contributed by atoms with Crippen LogP contribution in [0.2, 0.25) is 0 Å². The maximum atomic E-state index is 11.9. The standard InChI is InChI=1S/C20H31BrO2/c1-13(10-15-11-19(2,3)18(22)23-15)16-7-8-17-14(12-21)6-5-9-20(16,17)4/h12-13,15-17H,5-11H2,1-4H3/t13-,15?,16-,17?,20-/m1/s1. The number of carbonyl (C=O) groups excluding carboxylic acids is 1. The van der Waals surface area contributed by atoms with E-state index in [0.29, 0.717) is 11.3 Å². The van der Waals surface area contributed by atoms with Crippen LogP contribution in [0.25, 0.3) is 0 Å². The predicted octanol–water partition coefficient (Wildman–Crippen LogP) is 5.85. The molecule has 3 rings (SSSR count). The molecule has 0 N–H and O–H groups in total. The summed E-state index contributed by atoms with van der Waals surface area (Å²) in [6.07, 6.45) is 8.65. The molecule has 3 aliphatic rings. The van der Waals surface area contributed by atoms with Crippen molar-refractivity contribution in [3.8, 4) is 0 Å². The van der Waals surface area contributed by atoms with Gasteiger partial charge in [-0.2, -0.15) is 0 Å². The van der Waals surface area contributed by atoms with Crippen LogP contribution >= 0.6 is 15.9 Å².